The Hall–Kier alpha value is -3.68. The van der Waals surface area contributed by atoms with Gasteiger partial charge in [-0.3, -0.25) is 19.5 Å². The molecule has 33 heavy (non-hydrogen) atoms. The molecule has 0 aliphatic carbocycles. The lowest BCUT2D eigenvalue weighted by Crippen LogP contribution is -2.39. The average molecular weight is 451 g/mol. The lowest BCUT2D eigenvalue weighted by molar-refractivity contribution is -0.138. The Morgan fingerprint density at radius 3 is 2.52 bits per heavy atom. The molecular formula is C25H30N4O4. The third-order valence-electron chi connectivity index (χ3n) is 5.59. The van der Waals surface area contributed by atoms with Crippen molar-refractivity contribution in [1.82, 2.24) is 20.1 Å². The normalized spacial score (nSPS) is 13.0. The number of aryl methyl sites for hydroxylation is 2. The van der Waals surface area contributed by atoms with Crippen LogP contribution in [0.25, 0.3) is 11.1 Å². The molecule has 1 amide bonds. The summed E-state index contributed by atoms with van der Waals surface area (Å²) in [5.41, 5.74) is 3.98. The number of carboxylic acids is 1. The molecule has 8 heteroatoms. The molecule has 0 spiro atoms. The first kappa shape index (κ1) is 24.0. The van der Waals surface area contributed by atoms with Gasteiger partial charge in [0.1, 0.15) is 6.04 Å². The maximum Gasteiger partial charge on any atom is 0.305 e. The first-order valence-electron chi connectivity index (χ1n) is 11.0. The molecule has 2 heterocycles. The molecule has 174 valence electrons. The molecule has 3 aromatic rings. The Balaban J connectivity index is 1.96. The number of nitrogens with zero attached hydrogens (tertiary/aromatic N) is 2. The number of benzene rings is 1. The molecule has 2 atom stereocenters. The number of amides is 1. The number of carbonyl (C=O) groups excluding carboxylic acids is 1. The van der Waals surface area contributed by atoms with E-state index in [1.807, 2.05) is 45.9 Å². The van der Waals surface area contributed by atoms with E-state index < -0.39 is 18.1 Å². The van der Waals surface area contributed by atoms with E-state index in [0.717, 1.165) is 22.5 Å². The van der Waals surface area contributed by atoms with E-state index in [2.05, 4.69) is 15.5 Å². The van der Waals surface area contributed by atoms with E-state index in [1.54, 1.807) is 24.4 Å². The van der Waals surface area contributed by atoms with Crippen molar-refractivity contribution in [2.75, 3.05) is 0 Å². The third kappa shape index (κ3) is 5.77. The molecule has 8 nitrogen and oxygen atoms in total. The van der Waals surface area contributed by atoms with E-state index in [4.69, 9.17) is 0 Å². The molecule has 0 saturated heterocycles. The minimum absolute atomic E-state index is 0.154. The van der Waals surface area contributed by atoms with E-state index >= 15 is 0 Å². The van der Waals surface area contributed by atoms with Crippen molar-refractivity contribution in [3.8, 4) is 11.1 Å². The Labute approximate surface area is 192 Å². The largest absolute Gasteiger partial charge is 0.481 e. The van der Waals surface area contributed by atoms with Crippen LogP contribution in [0, 0.1) is 19.8 Å². The van der Waals surface area contributed by atoms with Crippen LogP contribution in [0.4, 0.5) is 0 Å². The topological polar surface area (TPSA) is 117 Å². The molecule has 1 aromatic carbocycles. The lowest BCUT2D eigenvalue weighted by Gasteiger charge is -2.25. The van der Waals surface area contributed by atoms with Crippen molar-refractivity contribution in [2.45, 2.75) is 52.6 Å². The SMILES string of the molecule is Cc1n[nH]c(C)c1-c1cccc([C@H](CC(=O)O)NC(=O)C(CC(C)C)n2ccccc2=O)c1. The molecule has 2 aromatic heterocycles. The molecule has 3 rings (SSSR count). The Bertz CT molecular complexity index is 1180. The van der Waals surface area contributed by atoms with Gasteiger partial charge in [0.25, 0.3) is 5.56 Å². The van der Waals surface area contributed by atoms with Gasteiger partial charge in [0.2, 0.25) is 5.91 Å². The molecule has 1 unspecified atom stereocenters. The van der Waals surface area contributed by atoms with Crippen molar-refractivity contribution >= 4 is 11.9 Å². The Morgan fingerprint density at radius 1 is 1.15 bits per heavy atom. The minimum Gasteiger partial charge on any atom is -0.481 e. The summed E-state index contributed by atoms with van der Waals surface area (Å²) >= 11 is 0. The van der Waals surface area contributed by atoms with Crippen LogP contribution < -0.4 is 10.9 Å². The van der Waals surface area contributed by atoms with Gasteiger partial charge in [-0.25, -0.2) is 0 Å². The maximum absolute atomic E-state index is 13.3. The number of aliphatic carboxylic acids is 1. The first-order chi connectivity index (χ1) is 15.7. The summed E-state index contributed by atoms with van der Waals surface area (Å²) in [6, 6.07) is 10.7. The van der Waals surface area contributed by atoms with Gasteiger partial charge in [0.15, 0.2) is 0 Å². The number of carboxylic acid groups (broad SMARTS) is 1. The number of H-pyrrole nitrogens is 1. The van der Waals surface area contributed by atoms with Crippen molar-refractivity contribution in [2.24, 2.45) is 5.92 Å². The summed E-state index contributed by atoms with van der Waals surface area (Å²) in [7, 11) is 0. The van der Waals surface area contributed by atoms with Gasteiger partial charge in [0.05, 0.1) is 18.2 Å². The van der Waals surface area contributed by atoms with E-state index in [9.17, 15) is 19.5 Å². The number of rotatable bonds is 9. The fourth-order valence-electron chi connectivity index (χ4n) is 4.07. The fraction of sp³-hybridized carbons (Fsp3) is 0.360. The van der Waals surface area contributed by atoms with Crippen LogP contribution in [0.5, 0.6) is 0 Å². The predicted octanol–water partition coefficient (Wildman–Crippen LogP) is 3.77. The third-order valence-corrected chi connectivity index (χ3v) is 5.59. The van der Waals surface area contributed by atoms with Crippen LogP contribution in [0.3, 0.4) is 0 Å². The number of aromatic amines is 1. The van der Waals surface area contributed by atoms with Crippen LogP contribution in [-0.2, 0) is 9.59 Å². The molecule has 0 aliphatic heterocycles. The number of nitrogens with one attached hydrogen (secondary N) is 2. The molecule has 3 N–H and O–H groups in total. The number of pyridine rings is 1. The summed E-state index contributed by atoms with van der Waals surface area (Å²) in [5.74, 6) is -1.26. The maximum atomic E-state index is 13.3. The molecule has 0 fully saturated rings. The van der Waals surface area contributed by atoms with E-state index in [0.29, 0.717) is 12.0 Å². The van der Waals surface area contributed by atoms with Crippen molar-refractivity contribution in [3.05, 3.63) is 76.0 Å². The number of carbonyl (C=O) groups is 2. The standard InChI is InChI=1S/C25H30N4O4/c1-15(2)12-21(29-11-6-5-10-22(29)30)25(33)26-20(14-23(31)32)18-8-7-9-19(13-18)24-16(3)27-28-17(24)4/h5-11,13,15,20-21H,12,14H2,1-4H3,(H,26,33)(H,27,28)(H,31,32)/t20-,21?/m0/s1. The minimum atomic E-state index is -1.03. The summed E-state index contributed by atoms with van der Waals surface area (Å²) in [6.45, 7) is 7.77. The second-order valence-electron chi connectivity index (χ2n) is 8.69. The zero-order valence-corrected chi connectivity index (χ0v) is 19.3. The highest BCUT2D eigenvalue weighted by Crippen LogP contribution is 2.29. The number of aromatic nitrogens is 3. The summed E-state index contributed by atoms with van der Waals surface area (Å²) in [4.78, 5) is 37.4. The van der Waals surface area contributed by atoms with Crippen LogP contribution in [-0.4, -0.2) is 31.7 Å². The Kier molecular flexibility index (Phi) is 7.48. The van der Waals surface area contributed by atoms with E-state index in [1.165, 1.54) is 10.6 Å². The molecule has 0 aliphatic rings. The summed E-state index contributed by atoms with van der Waals surface area (Å²) < 4.78 is 1.40. The lowest BCUT2D eigenvalue weighted by atomic mass is 9.96. The van der Waals surface area contributed by atoms with E-state index in [-0.39, 0.29) is 23.8 Å². The number of hydrogen-bond donors (Lipinski definition) is 3. The zero-order chi connectivity index (χ0) is 24.1. The Morgan fingerprint density at radius 2 is 1.91 bits per heavy atom. The van der Waals surface area contributed by atoms with Crippen molar-refractivity contribution < 1.29 is 14.7 Å². The van der Waals surface area contributed by atoms with Gasteiger partial charge in [-0.15, -0.1) is 0 Å². The van der Waals surface area contributed by atoms with Crippen LogP contribution in [0.15, 0.2) is 53.5 Å². The smallest absolute Gasteiger partial charge is 0.305 e. The van der Waals surface area contributed by atoms with Crippen LogP contribution in [0.1, 0.15) is 55.7 Å². The van der Waals surface area contributed by atoms with Gasteiger partial charge >= 0.3 is 5.97 Å². The highest BCUT2D eigenvalue weighted by Gasteiger charge is 2.27. The van der Waals surface area contributed by atoms with Gasteiger partial charge in [-0.05, 0) is 49.4 Å². The van der Waals surface area contributed by atoms with Crippen LogP contribution in [0.2, 0.25) is 0 Å². The second kappa shape index (κ2) is 10.3. The quantitative estimate of drug-likeness (QED) is 0.459. The monoisotopic (exact) mass is 450 g/mol. The van der Waals surface area contributed by atoms with Gasteiger partial charge in [-0.1, -0.05) is 38.1 Å². The first-order valence-corrected chi connectivity index (χ1v) is 11.0. The van der Waals surface area contributed by atoms with Gasteiger partial charge < -0.3 is 15.0 Å². The molecule has 0 saturated carbocycles. The number of hydrogen-bond acceptors (Lipinski definition) is 4. The summed E-state index contributed by atoms with van der Waals surface area (Å²) in [5, 5.41) is 19.6. The summed E-state index contributed by atoms with van der Waals surface area (Å²) in [6.07, 6.45) is 1.76. The zero-order valence-electron chi connectivity index (χ0n) is 19.3. The van der Waals surface area contributed by atoms with Gasteiger partial charge in [0, 0.05) is 23.5 Å². The second-order valence-corrected chi connectivity index (χ2v) is 8.69. The average Bonchev–Trinajstić information content (AvgIpc) is 3.09. The molecule has 0 radical (unpaired) electrons. The van der Waals surface area contributed by atoms with Gasteiger partial charge in [-0.2, -0.15) is 5.10 Å². The van der Waals surface area contributed by atoms with Crippen LogP contribution >= 0.6 is 0 Å². The highest BCUT2D eigenvalue weighted by atomic mass is 16.4. The molecule has 0 bridgehead atoms. The molecular weight excluding hydrogens is 420 g/mol. The predicted molar refractivity (Wildman–Crippen MR) is 126 cm³/mol. The van der Waals surface area contributed by atoms with Crippen molar-refractivity contribution in [1.29, 1.82) is 0 Å². The highest BCUT2D eigenvalue weighted by molar-refractivity contribution is 5.82. The van der Waals surface area contributed by atoms with Crippen molar-refractivity contribution in [3.63, 3.8) is 0 Å². The fourth-order valence-corrected chi connectivity index (χ4v) is 4.07.